The lowest BCUT2D eigenvalue weighted by Gasteiger charge is -2.49. The van der Waals surface area contributed by atoms with Gasteiger partial charge in [-0.15, -0.1) is 0 Å². The van der Waals surface area contributed by atoms with E-state index in [4.69, 9.17) is 4.74 Å². The minimum atomic E-state index is -1.21. The third-order valence-corrected chi connectivity index (χ3v) is 6.00. The number of carbonyl (C=O) groups excluding carboxylic acids is 3. The highest BCUT2D eigenvalue weighted by Crippen LogP contribution is 2.44. The van der Waals surface area contributed by atoms with Gasteiger partial charge in [-0.05, 0) is 48.0 Å². The van der Waals surface area contributed by atoms with E-state index in [1.165, 1.54) is 18.2 Å². The van der Waals surface area contributed by atoms with Gasteiger partial charge in [0.1, 0.15) is 11.8 Å². The summed E-state index contributed by atoms with van der Waals surface area (Å²) < 4.78 is 5.22. The summed E-state index contributed by atoms with van der Waals surface area (Å²) in [4.78, 5) is 53.5. The van der Waals surface area contributed by atoms with Gasteiger partial charge in [0.25, 0.3) is 17.7 Å². The lowest BCUT2D eigenvalue weighted by atomic mass is 9.86. The van der Waals surface area contributed by atoms with Crippen molar-refractivity contribution in [1.82, 2.24) is 4.90 Å². The maximum Gasteiger partial charge on any atom is 0.335 e. The minimum Gasteiger partial charge on any atom is -0.497 e. The molecule has 2 heterocycles. The summed E-state index contributed by atoms with van der Waals surface area (Å²) in [6.07, 6.45) is 0. The number of carboxylic acids is 1. The molecule has 33 heavy (non-hydrogen) atoms. The molecule has 0 saturated carbocycles. The van der Waals surface area contributed by atoms with Crippen LogP contribution < -0.4 is 9.64 Å². The van der Waals surface area contributed by atoms with Crippen molar-refractivity contribution in [2.24, 2.45) is 0 Å². The highest BCUT2D eigenvalue weighted by molar-refractivity contribution is 6.25. The lowest BCUT2D eigenvalue weighted by Crippen LogP contribution is -2.67. The number of ether oxygens (including phenoxy) is 1. The highest BCUT2D eigenvalue weighted by Gasteiger charge is 2.57. The fourth-order valence-corrected chi connectivity index (χ4v) is 4.38. The topological polar surface area (TPSA) is 104 Å². The van der Waals surface area contributed by atoms with Crippen LogP contribution in [0.2, 0.25) is 0 Å². The number of aromatic carboxylic acids is 1. The van der Waals surface area contributed by atoms with Crippen molar-refractivity contribution in [3.05, 3.63) is 95.1 Å². The summed E-state index contributed by atoms with van der Waals surface area (Å²) in [7, 11) is 1.55. The molecule has 0 aliphatic carbocycles. The van der Waals surface area contributed by atoms with Crippen molar-refractivity contribution in [1.29, 1.82) is 0 Å². The lowest BCUT2D eigenvalue weighted by molar-refractivity contribution is -0.130. The van der Waals surface area contributed by atoms with E-state index in [2.05, 4.69) is 0 Å². The number of para-hydroxylation sites is 1. The zero-order chi connectivity index (χ0) is 23.3. The standard InChI is InChI=1S/C25H18N2O6/c1-33-17-10-7-14(8-11-17)20-21(24(30)26(20)16-5-3-2-4-6-16)27-22(28)18-12-9-15(25(31)32)13-19(18)23(27)29/h2-13,20-21H,1H3,(H,31,32)/t20-,21-/m1/s1. The van der Waals surface area contributed by atoms with Gasteiger partial charge in [0, 0.05) is 5.69 Å². The van der Waals surface area contributed by atoms with E-state index in [-0.39, 0.29) is 16.7 Å². The van der Waals surface area contributed by atoms with Crippen molar-refractivity contribution in [3.63, 3.8) is 0 Å². The number of β-lactam (4-membered cyclic amide) rings is 1. The molecular formula is C25H18N2O6. The van der Waals surface area contributed by atoms with Gasteiger partial charge in [-0.2, -0.15) is 0 Å². The van der Waals surface area contributed by atoms with Gasteiger partial charge in [0.2, 0.25) is 0 Å². The number of nitrogens with zero attached hydrogens (tertiary/aromatic N) is 2. The van der Waals surface area contributed by atoms with E-state index in [1.54, 1.807) is 60.5 Å². The Bertz CT molecular complexity index is 1300. The van der Waals surface area contributed by atoms with Crippen LogP contribution in [-0.2, 0) is 4.79 Å². The Hall–Kier alpha value is -4.46. The molecule has 0 aromatic heterocycles. The molecule has 1 saturated heterocycles. The number of hydrogen-bond acceptors (Lipinski definition) is 5. The maximum atomic E-state index is 13.3. The van der Waals surface area contributed by atoms with Crippen LogP contribution in [-0.4, -0.2) is 46.8 Å². The number of rotatable bonds is 5. The molecule has 5 rings (SSSR count). The van der Waals surface area contributed by atoms with Crippen molar-refractivity contribution < 1.29 is 29.0 Å². The summed E-state index contributed by atoms with van der Waals surface area (Å²) in [5.41, 5.74) is 1.34. The molecule has 1 N–H and O–H groups in total. The first-order valence-corrected chi connectivity index (χ1v) is 10.2. The molecule has 8 nitrogen and oxygen atoms in total. The van der Waals surface area contributed by atoms with E-state index in [0.717, 1.165) is 10.5 Å². The molecule has 3 aromatic rings. The van der Waals surface area contributed by atoms with E-state index in [0.29, 0.717) is 11.4 Å². The average Bonchev–Trinajstić information content (AvgIpc) is 3.08. The predicted molar refractivity (Wildman–Crippen MR) is 117 cm³/mol. The van der Waals surface area contributed by atoms with E-state index < -0.39 is 35.8 Å². The molecule has 8 heteroatoms. The Morgan fingerprint density at radius 1 is 0.818 bits per heavy atom. The van der Waals surface area contributed by atoms with Crippen LogP contribution in [0.1, 0.15) is 42.7 Å². The maximum absolute atomic E-state index is 13.3. The summed E-state index contributed by atoms with van der Waals surface area (Å²) in [6, 6.07) is 18.2. The zero-order valence-corrected chi connectivity index (χ0v) is 17.5. The molecule has 0 unspecified atom stereocenters. The highest BCUT2D eigenvalue weighted by atomic mass is 16.5. The number of carboxylic acid groups (broad SMARTS) is 1. The van der Waals surface area contributed by atoms with Crippen LogP contribution in [0.5, 0.6) is 5.75 Å². The smallest absolute Gasteiger partial charge is 0.335 e. The Kier molecular flexibility index (Phi) is 4.70. The molecule has 0 spiro atoms. The quantitative estimate of drug-likeness (QED) is 0.481. The number of anilines is 1. The molecule has 2 aliphatic heterocycles. The summed E-state index contributed by atoms with van der Waals surface area (Å²) in [5, 5.41) is 9.26. The van der Waals surface area contributed by atoms with Crippen molar-refractivity contribution in [3.8, 4) is 5.75 Å². The first-order chi connectivity index (χ1) is 15.9. The molecule has 0 bridgehead atoms. The van der Waals surface area contributed by atoms with Gasteiger partial charge in [-0.1, -0.05) is 30.3 Å². The zero-order valence-electron chi connectivity index (χ0n) is 17.5. The Morgan fingerprint density at radius 3 is 2.12 bits per heavy atom. The van der Waals surface area contributed by atoms with Crippen LogP contribution in [0.3, 0.4) is 0 Å². The van der Waals surface area contributed by atoms with Crippen molar-refractivity contribution in [2.45, 2.75) is 12.1 Å². The first-order valence-electron chi connectivity index (χ1n) is 10.2. The van der Waals surface area contributed by atoms with E-state index >= 15 is 0 Å². The van der Waals surface area contributed by atoms with Gasteiger partial charge >= 0.3 is 5.97 Å². The normalized spacial score (nSPS) is 19.4. The molecule has 1 fully saturated rings. The third kappa shape index (κ3) is 3.07. The monoisotopic (exact) mass is 442 g/mol. The molecule has 2 atom stereocenters. The second kappa shape index (κ2) is 7.59. The summed E-state index contributed by atoms with van der Waals surface area (Å²) in [5.74, 6) is -2.26. The number of amides is 3. The Labute approximate surface area is 188 Å². The number of imide groups is 1. The number of carbonyl (C=O) groups is 4. The van der Waals surface area contributed by atoms with Gasteiger partial charge in [-0.25, -0.2) is 4.79 Å². The summed E-state index contributed by atoms with van der Waals surface area (Å²) in [6.45, 7) is 0. The first kappa shape index (κ1) is 20.4. The number of fused-ring (bicyclic) bond motifs is 1. The molecule has 0 radical (unpaired) electrons. The largest absolute Gasteiger partial charge is 0.497 e. The predicted octanol–water partition coefficient (Wildman–Crippen LogP) is 3.15. The van der Waals surface area contributed by atoms with Crippen LogP contribution in [0, 0.1) is 0 Å². The Morgan fingerprint density at radius 2 is 1.48 bits per heavy atom. The van der Waals surface area contributed by atoms with E-state index in [1.807, 2.05) is 6.07 Å². The molecule has 3 amide bonds. The number of hydrogen-bond donors (Lipinski definition) is 1. The van der Waals surface area contributed by atoms with Crippen molar-refractivity contribution in [2.75, 3.05) is 12.0 Å². The van der Waals surface area contributed by atoms with Gasteiger partial charge < -0.3 is 14.7 Å². The van der Waals surface area contributed by atoms with E-state index in [9.17, 15) is 24.3 Å². The van der Waals surface area contributed by atoms with Gasteiger partial charge in [-0.3, -0.25) is 19.3 Å². The number of methoxy groups -OCH3 is 1. The van der Waals surface area contributed by atoms with Crippen LogP contribution in [0.4, 0.5) is 5.69 Å². The average molecular weight is 442 g/mol. The number of benzene rings is 3. The van der Waals surface area contributed by atoms with Gasteiger partial charge in [0.05, 0.1) is 29.8 Å². The molecule has 3 aromatic carbocycles. The molecule has 2 aliphatic rings. The van der Waals surface area contributed by atoms with Crippen molar-refractivity contribution >= 4 is 29.4 Å². The molecular weight excluding hydrogens is 424 g/mol. The SMILES string of the molecule is COc1ccc([C@@H]2[C@@H](N3C(=O)c4ccc(C(=O)O)cc4C3=O)C(=O)N2c2ccccc2)cc1. The fourth-order valence-electron chi connectivity index (χ4n) is 4.38. The Balaban J connectivity index is 1.57. The van der Waals surface area contributed by atoms with Crippen LogP contribution >= 0.6 is 0 Å². The minimum absolute atomic E-state index is 0.0145. The second-order valence-corrected chi connectivity index (χ2v) is 7.75. The summed E-state index contributed by atoms with van der Waals surface area (Å²) >= 11 is 0. The van der Waals surface area contributed by atoms with Crippen LogP contribution in [0.25, 0.3) is 0 Å². The fraction of sp³-hybridized carbons (Fsp3) is 0.120. The van der Waals surface area contributed by atoms with Crippen LogP contribution in [0.15, 0.2) is 72.8 Å². The molecule has 164 valence electrons. The third-order valence-electron chi connectivity index (χ3n) is 6.00. The van der Waals surface area contributed by atoms with Gasteiger partial charge in [0.15, 0.2) is 0 Å². The second-order valence-electron chi connectivity index (χ2n) is 7.75.